The van der Waals surface area contributed by atoms with Crippen LogP contribution in [0.2, 0.25) is 0 Å². The van der Waals surface area contributed by atoms with Crippen molar-refractivity contribution in [3.8, 4) is 0 Å². The van der Waals surface area contributed by atoms with Crippen LogP contribution in [0.5, 0.6) is 0 Å². The molecule has 2 fully saturated rings. The summed E-state index contributed by atoms with van der Waals surface area (Å²) in [5, 5.41) is 14.5. The van der Waals surface area contributed by atoms with E-state index in [1.54, 1.807) is 0 Å². The van der Waals surface area contributed by atoms with Gasteiger partial charge in [-0.1, -0.05) is 22.9 Å². The standard InChI is InChI=1S/C21H29BrF3N3O3/c1-2-11-31-16-5-3-15(4-6-16)27-9-7-14(8-10-27)26-19-13-18(22)17(21(23,24)25)12-20(19)28(29)30/h12-16,26H,2-11H2,1H3. The number of piperidine rings is 1. The lowest BCUT2D eigenvalue weighted by Crippen LogP contribution is -2.46. The molecule has 174 valence electrons. The van der Waals surface area contributed by atoms with Crippen LogP contribution < -0.4 is 5.32 Å². The molecule has 0 atom stereocenters. The number of nitrogens with one attached hydrogen (secondary N) is 1. The van der Waals surface area contributed by atoms with Gasteiger partial charge in [-0.2, -0.15) is 13.2 Å². The highest BCUT2D eigenvalue weighted by Gasteiger charge is 2.36. The molecule has 1 heterocycles. The highest BCUT2D eigenvalue weighted by molar-refractivity contribution is 9.10. The van der Waals surface area contributed by atoms with Crippen molar-refractivity contribution < 1.29 is 22.8 Å². The van der Waals surface area contributed by atoms with E-state index in [1.165, 1.54) is 6.07 Å². The molecule has 0 radical (unpaired) electrons. The summed E-state index contributed by atoms with van der Waals surface area (Å²) in [6.45, 7) is 4.68. The highest BCUT2D eigenvalue weighted by Crippen LogP contribution is 2.41. The molecule has 0 aromatic heterocycles. The molecular weight excluding hydrogens is 479 g/mol. The Labute approximate surface area is 188 Å². The highest BCUT2D eigenvalue weighted by atomic mass is 79.9. The quantitative estimate of drug-likeness (QED) is 0.362. The van der Waals surface area contributed by atoms with Crippen molar-refractivity contribution in [2.24, 2.45) is 0 Å². The zero-order chi connectivity index (χ0) is 22.6. The molecule has 6 nitrogen and oxygen atoms in total. The van der Waals surface area contributed by atoms with Crippen LogP contribution in [-0.2, 0) is 10.9 Å². The van der Waals surface area contributed by atoms with Crippen LogP contribution in [0.3, 0.4) is 0 Å². The maximum Gasteiger partial charge on any atom is 0.417 e. The van der Waals surface area contributed by atoms with E-state index in [9.17, 15) is 23.3 Å². The van der Waals surface area contributed by atoms with Crippen LogP contribution in [0.15, 0.2) is 16.6 Å². The number of rotatable bonds is 7. The molecule has 31 heavy (non-hydrogen) atoms. The van der Waals surface area contributed by atoms with Crippen molar-refractivity contribution in [2.45, 2.75) is 76.2 Å². The van der Waals surface area contributed by atoms with Gasteiger partial charge in [0.25, 0.3) is 5.69 Å². The van der Waals surface area contributed by atoms with Crippen molar-refractivity contribution in [2.75, 3.05) is 25.0 Å². The van der Waals surface area contributed by atoms with Crippen LogP contribution in [0.25, 0.3) is 0 Å². The SMILES string of the molecule is CCCOC1CCC(N2CCC(Nc3cc(Br)c(C(F)(F)F)cc3[N+](=O)[O-])CC2)CC1. The average Bonchev–Trinajstić information content (AvgIpc) is 2.72. The summed E-state index contributed by atoms with van der Waals surface area (Å²) in [6, 6.07) is 2.30. The maximum atomic E-state index is 13.1. The first-order chi connectivity index (χ1) is 14.7. The predicted octanol–water partition coefficient (Wildman–Crippen LogP) is 5.99. The number of nitro groups is 1. The van der Waals surface area contributed by atoms with E-state index in [1.807, 2.05) is 0 Å². The first kappa shape index (κ1) is 24.3. The zero-order valence-electron chi connectivity index (χ0n) is 17.6. The Balaban J connectivity index is 1.56. The molecule has 1 aliphatic heterocycles. The molecule has 0 unspecified atom stereocenters. The second-order valence-electron chi connectivity index (χ2n) is 8.36. The fourth-order valence-electron chi connectivity index (χ4n) is 4.54. The molecule has 1 aromatic carbocycles. The Morgan fingerprint density at radius 1 is 1.19 bits per heavy atom. The fraction of sp³-hybridized carbons (Fsp3) is 0.714. The molecule has 1 N–H and O–H groups in total. The van der Waals surface area contributed by atoms with Gasteiger partial charge in [0.15, 0.2) is 0 Å². The molecule has 0 bridgehead atoms. The molecule has 0 spiro atoms. The Hall–Kier alpha value is -1.39. The van der Waals surface area contributed by atoms with Gasteiger partial charge >= 0.3 is 6.18 Å². The lowest BCUT2D eigenvalue weighted by Gasteiger charge is -2.41. The van der Waals surface area contributed by atoms with E-state index in [0.717, 1.165) is 64.6 Å². The molecule has 1 saturated carbocycles. The van der Waals surface area contributed by atoms with Gasteiger partial charge in [0.1, 0.15) is 5.69 Å². The van der Waals surface area contributed by atoms with Crippen LogP contribution in [-0.4, -0.2) is 47.7 Å². The van der Waals surface area contributed by atoms with Crippen LogP contribution in [0.4, 0.5) is 24.5 Å². The summed E-state index contributed by atoms with van der Waals surface area (Å²) in [5.41, 5.74) is -1.47. The number of halogens is 4. The van der Waals surface area contributed by atoms with Crippen molar-refractivity contribution in [3.05, 3.63) is 32.3 Å². The minimum atomic E-state index is -4.66. The number of nitro benzene ring substituents is 1. The van der Waals surface area contributed by atoms with E-state index < -0.39 is 22.4 Å². The number of benzene rings is 1. The van der Waals surface area contributed by atoms with Gasteiger partial charge < -0.3 is 15.0 Å². The van der Waals surface area contributed by atoms with Crippen LogP contribution in [0.1, 0.15) is 57.4 Å². The number of alkyl halides is 3. The normalized spacial score (nSPS) is 23.6. The molecule has 0 amide bonds. The van der Waals surface area contributed by atoms with Gasteiger partial charge in [-0.25, -0.2) is 0 Å². The summed E-state index contributed by atoms with van der Waals surface area (Å²) in [5.74, 6) is 0. The lowest BCUT2D eigenvalue weighted by molar-refractivity contribution is -0.384. The van der Waals surface area contributed by atoms with Crippen molar-refractivity contribution >= 4 is 27.3 Å². The minimum absolute atomic E-state index is 0.0113. The lowest BCUT2D eigenvalue weighted by atomic mass is 9.90. The van der Waals surface area contributed by atoms with E-state index in [2.05, 4.69) is 33.1 Å². The smallest absolute Gasteiger partial charge is 0.378 e. The van der Waals surface area contributed by atoms with Crippen molar-refractivity contribution in [1.82, 2.24) is 4.90 Å². The Morgan fingerprint density at radius 3 is 2.39 bits per heavy atom. The van der Waals surface area contributed by atoms with E-state index in [0.29, 0.717) is 18.2 Å². The molecule has 1 aliphatic carbocycles. The summed E-state index contributed by atoms with van der Waals surface area (Å²) < 4.78 is 45.0. The maximum absolute atomic E-state index is 13.1. The predicted molar refractivity (Wildman–Crippen MR) is 116 cm³/mol. The summed E-state index contributed by atoms with van der Waals surface area (Å²) in [7, 11) is 0. The zero-order valence-corrected chi connectivity index (χ0v) is 19.2. The van der Waals surface area contributed by atoms with Gasteiger partial charge in [-0.3, -0.25) is 10.1 Å². The minimum Gasteiger partial charge on any atom is -0.378 e. The van der Waals surface area contributed by atoms with E-state index in [4.69, 9.17) is 4.74 Å². The molecule has 1 aromatic rings. The third-order valence-corrected chi connectivity index (χ3v) is 6.85. The van der Waals surface area contributed by atoms with E-state index in [-0.39, 0.29) is 16.2 Å². The monoisotopic (exact) mass is 507 g/mol. The van der Waals surface area contributed by atoms with Crippen molar-refractivity contribution in [1.29, 1.82) is 0 Å². The molecule has 1 saturated heterocycles. The number of hydrogen-bond acceptors (Lipinski definition) is 5. The second kappa shape index (κ2) is 10.5. The summed E-state index contributed by atoms with van der Waals surface area (Å²) in [4.78, 5) is 13.1. The first-order valence-electron chi connectivity index (χ1n) is 10.9. The summed E-state index contributed by atoms with van der Waals surface area (Å²) in [6.07, 6.45) is 2.72. The number of nitrogens with zero attached hydrogens (tertiary/aromatic N) is 2. The Morgan fingerprint density at radius 2 is 1.84 bits per heavy atom. The van der Waals surface area contributed by atoms with Crippen LogP contribution >= 0.6 is 15.9 Å². The largest absolute Gasteiger partial charge is 0.417 e. The molecule has 10 heteroatoms. The third kappa shape index (κ3) is 6.32. The second-order valence-corrected chi connectivity index (χ2v) is 9.21. The fourth-order valence-corrected chi connectivity index (χ4v) is 5.10. The van der Waals surface area contributed by atoms with Gasteiger partial charge in [-0.05, 0) is 51.0 Å². The molecular formula is C21H29BrF3N3O3. The van der Waals surface area contributed by atoms with Crippen molar-refractivity contribution in [3.63, 3.8) is 0 Å². The van der Waals surface area contributed by atoms with Gasteiger partial charge in [-0.15, -0.1) is 0 Å². The number of ether oxygens (including phenoxy) is 1. The summed E-state index contributed by atoms with van der Waals surface area (Å²) >= 11 is 2.91. The number of anilines is 1. The topological polar surface area (TPSA) is 67.6 Å². The van der Waals surface area contributed by atoms with Crippen LogP contribution in [0, 0.1) is 10.1 Å². The molecule has 2 aliphatic rings. The number of likely N-dealkylation sites (tertiary alicyclic amines) is 1. The van der Waals surface area contributed by atoms with Gasteiger partial charge in [0, 0.05) is 42.3 Å². The average molecular weight is 508 g/mol. The number of hydrogen-bond donors (Lipinski definition) is 1. The van der Waals surface area contributed by atoms with Gasteiger partial charge in [0.05, 0.1) is 16.6 Å². The van der Waals surface area contributed by atoms with E-state index >= 15 is 0 Å². The Kier molecular flexibility index (Phi) is 8.20. The first-order valence-corrected chi connectivity index (χ1v) is 11.7. The molecule has 3 rings (SSSR count). The third-order valence-electron chi connectivity index (χ3n) is 6.19. The Bertz CT molecular complexity index is 762. The van der Waals surface area contributed by atoms with Gasteiger partial charge in [0.2, 0.25) is 0 Å².